The number of nitrogens with zero attached hydrogens (tertiary/aromatic N) is 2. The van der Waals surface area contributed by atoms with Gasteiger partial charge in [-0.2, -0.15) is 4.98 Å². The van der Waals surface area contributed by atoms with Crippen molar-refractivity contribution in [2.24, 2.45) is 0 Å². The summed E-state index contributed by atoms with van der Waals surface area (Å²) in [5, 5.41) is 7.09. The van der Waals surface area contributed by atoms with Gasteiger partial charge in [0.25, 0.3) is 0 Å². The SMILES string of the molecule is Cc1cc(NC2CCCC2)nc(NC2CCCCC2)n1. The van der Waals surface area contributed by atoms with Crippen LogP contribution < -0.4 is 10.6 Å². The van der Waals surface area contributed by atoms with Crippen LogP contribution in [0.25, 0.3) is 0 Å². The van der Waals surface area contributed by atoms with Crippen molar-refractivity contribution in [1.29, 1.82) is 0 Å². The second-order valence-corrected chi connectivity index (χ2v) is 6.32. The first-order valence-corrected chi connectivity index (χ1v) is 8.18. The Hall–Kier alpha value is -1.32. The molecule has 0 spiro atoms. The molecule has 2 N–H and O–H groups in total. The predicted molar refractivity (Wildman–Crippen MR) is 83.1 cm³/mol. The fourth-order valence-corrected chi connectivity index (χ4v) is 3.42. The van der Waals surface area contributed by atoms with Gasteiger partial charge in [-0.05, 0) is 32.6 Å². The minimum atomic E-state index is 0.560. The van der Waals surface area contributed by atoms with Gasteiger partial charge in [-0.15, -0.1) is 0 Å². The number of anilines is 2. The fourth-order valence-electron chi connectivity index (χ4n) is 3.42. The van der Waals surface area contributed by atoms with E-state index in [1.807, 2.05) is 6.92 Å². The molecule has 2 aliphatic rings. The van der Waals surface area contributed by atoms with Crippen LogP contribution in [0, 0.1) is 6.92 Å². The first-order chi connectivity index (χ1) is 9.79. The van der Waals surface area contributed by atoms with Gasteiger partial charge in [-0.25, -0.2) is 4.98 Å². The van der Waals surface area contributed by atoms with Crippen LogP contribution in [0.1, 0.15) is 63.5 Å². The standard InChI is InChI=1S/C16H26N4/c1-12-11-15(18-13-9-5-6-10-13)20-16(17-12)19-14-7-3-2-4-8-14/h11,13-14H,2-10H2,1H3,(H2,17,18,19,20). The number of rotatable bonds is 4. The lowest BCUT2D eigenvalue weighted by Gasteiger charge is -2.23. The molecule has 2 fully saturated rings. The largest absolute Gasteiger partial charge is 0.367 e. The summed E-state index contributed by atoms with van der Waals surface area (Å²) in [5.41, 5.74) is 1.04. The predicted octanol–water partition coefficient (Wildman–Crippen LogP) is 3.88. The molecule has 3 rings (SSSR count). The molecular weight excluding hydrogens is 248 g/mol. The zero-order valence-electron chi connectivity index (χ0n) is 12.5. The normalized spacial score (nSPS) is 21.1. The highest BCUT2D eigenvalue weighted by Gasteiger charge is 2.17. The van der Waals surface area contributed by atoms with E-state index in [1.54, 1.807) is 0 Å². The van der Waals surface area contributed by atoms with Gasteiger partial charge in [0.2, 0.25) is 5.95 Å². The minimum Gasteiger partial charge on any atom is -0.367 e. The monoisotopic (exact) mass is 274 g/mol. The third-order valence-electron chi connectivity index (χ3n) is 4.50. The van der Waals surface area contributed by atoms with Gasteiger partial charge in [0.05, 0.1) is 0 Å². The Balaban J connectivity index is 1.65. The van der Waals surface area contributed by atoms with Crippen molar-refractivity contribution in [1.82, 2.24) is 9.97 Å². The Morgan fingerprint density at radius 3 is 2.15 bits per heavy atom. The van der Waals surface area contributed by atoms with Gasteiger partial charge in [0, 0.05) is 23.8 Å². The molecule has 1 aromatic heterocycles. The quantitative estimate of drug-likeness (QED) is 0.874. The van der Waals surface area contributed by atoms with Gasteiger partial charge >= 0.3 is 0 Å². The highest BCUT2D eigenvalue weighted by atomic mass is 15.2. The Labute approximate surface area is 121 Å². The van der Waals surface area contributed by atoms with Crippen molar-refractivity contribution in [3.8, 4) is 0 Å². The van der Waals surface area contributed by atoms with Crippen LogP contribution in [-0.4, -0.2) is 22.1 Å². The lowest BCUT2D eigenvalue weighted by molar-refractivity contribution is 0.461. The summed E-state index contributed by atoms with van der Waals surface area (Å²) in [6.07, 6.45) is 11.8. The third-order valence-corrected chi connectivity index (χ3v) is 4.50. The van der Waals surface area contributed by atoms with Crippen LogP contribution in [0.2, 0.25) is 0 Å². The summed E-state index contributed by atoms with van der Waals surface area (Å²) in [7, 11) is 0. The van der Waals surface area contributed by atoms with Gasteiger partial charge in [0.15, 0.2) is 0 Å². The van der Waals surface area contributed by atoms with Crippen LogP contribution in [0.3, 0.4) is 0 Å². The van der Waals surface area contributed by atoms with E-state index in [1.165, 1.54) is 57.8 Å². The Bertz CT molecular complexity index is 434. The molecule has 0 saturated heterocycles. The summed E-state index contributed by atoms with van der Waals surface area (Å²) in [6.45, 7) is 2.05. The van der Waals surface area contributed by atoms with Crippen molar-refractivity contribution in [2.75, 3.05) is 10.6 Å². The number of hydrogen-bond acceptors (Lipinski definition) is 4. The van der Waals surface area contributed by atoms with Crippen LogP contribution in [-0.2, 0) is 0 Å². The molecule has 2 aliphatic carbocycles. The van der Waals surface area contributed by atoms with E-state index >= 15 is 0 Å². The fraction of sp³-hybridized carbons (Fsp3) is 0.750. The molecule has 4 nitrogen and oxygen atoms in total. The summed E-state index contributed by atoms with van der Waals surface area (Å²) >= 11 is 0. The molecule has 20 heavy (non-hydrogen) atoms. The van der Waals surface area contributed by atoms with Crippen molar-refractivity contribution < 1.29 is 0 Å². The molecule has 1 aromatic rings. The highest BCUT2D eigenvalue weighted by molar-refractivity contribution is 5.43. The molecule has 0 unspecified atom stereocenters. The first kappa shape index (κ1) is 13.7. The number of aromatic nitrogens is 2. The number of hydrogen-bond donors (Lipinski definition) is 2. The van der Waals surface area contributed by atoms with E-state index in [2.05, 4.69) is 26.7 Å². The number of nitrogens with one attached hydrogen (secondary N) is 2. The zero-order chi connectivity index (χ0) is 13.8. The maximum atomic E-state index is 4.66. The second kappa shape index (κ2) is 6.42. The number of aryl methyl sites for hydroxylation is 1. The lowest BCUT2D eigenvalue weighted by Crippen LogP contribution is -2.24. The minimum absolute atomic E-state index is 0.560. The molecule has 2 saturated carbocycles. The van der Waals surface area contributed by atoms with Gasteiger partial charge < -0.3 is 10.6 Å². The van der Waals surface area contributed by atoms with E-state index in [0.717, 1.165) is 17.5 Å². The van der Waals surface area contributed by atoms with E-state index in [4.69, 9.17) is 0 Å². The molecular formula is C16H26N4. The maximum Gasteiger partial charge on any atom is 0.225 e. The van der Waals surface area contributed by atoms with Crippen LogP contribution in [0.4, 0.5) is 11.8 Å². The molecule has 0 aromatic carbocycles. The molecule has 0 amide bonds. The smallest absolute Gasteiger partial charge is 0.225 e. The van der Waals surface area contributed by atoms with Crippen molar-refractivity contribution in [3.63, 3.8) is 0 Å². The van der Waals surface area contributed by atoms with Crippen LogP contribution in [0.5, 0.6) is 0 Å². The van der Waals surface area contributed by atoms with Crippen LogP contribution in [0.15, 0.2) is 6.07 Å². The van der Waals surface area contributed by atoms with Gasteiger partial charge in [0.1, 0.15) is 5.82 Å². The Morgan fingerprint density at radius 2 is 1.45 bits per heavy atom. The topological polar surface area (TPSA) is 49.8 Å². The van der Waals surface area contributed by atoms with Crippen molar-refractivity contribution in [3.05, 3.63) is 11.8 Å². The summed E-state index contributed by atoms with van der Waals surface area (Å²) in [6, 6.07) is 3.22. The summed E-state index contributed by atoms with van der Waals surface area (Å²) < 4.78 is 0. The molecule has 0 bridgehead atoms. The molecule has 0 atom stereocenters. The Morgan fingerprint density at radius 1 is 0.850 bits per heavy atom. The lowest BCUT2D eigenvalue weighted by atomic mass is 9.96. The molecule has 110 valence electrons. The average Bonchev–Trinajstić information content (AvgIpc) is 2.92. The average molecular weight is 274 g/mol. The Kier molecular flexibility index (Phi) is 4.38. The van der Waals surface area contributed by atoms with Gasteiger partial charge in [-0.1, -0.05) is 32.1 Å². The third kappa shape index (κ3) is 3.62. The van der Waals surface area contributed by atoms with Crippen molar-refractivity contribution in [2.45, 2.75) is 76.8 Å². The molecule has 0 aliphatic heterocycles. The highest BCUT2D eigenvalue weighted by Crippen LogP contribution is 2.23. The van der Waals surface area contributed by atoms with E-state index in [9.17, 15) is 0 Å². The van der Waals surface area contributed by atoms with E-state index in [-0.39, 0.29) is 0 Å². The van der Waals surface area contributed by atoms with Crippen LogP contribution >= 0.6 is 0 Å². The summed E-state index contributed by atoms with van der Waals surface area (Å²) in [5.74, 6) is 1.79. The zero-order valence-corrected chi connectivity index (χ0v) is 12.5. The maximum absolute atomic E-state index is 4.66. The summed E-state index contributed by atoms with van der Waals surface area (Å²) in [4.78, 5) is 9.20. The molecule has 4 heteroatoms. The second-order valence-electron chi connectivity index (χ2n) is 6.32. The molecule has 0 radical (unpaired) electrons. The van der Waals surface area contributed by atoms with E-state index in [0.29, 0.717) is 12.1 Å². The molecule has 1 heterocycles. The van der Waals surface area contributed by atoms with E-state index < -0.39 is 0 Å². The van der Waals surface area contributed by atoms with Crippen molar-refractivity contribution >= 4 is 11.8 Å². The first-order valence-electron chi connectivity index (χ1n) is 8.18. The van der Waals surface area contributed by atoms with Gasteiger partial charge in [-0.3, -0.25) is 0 Å².